The number of benzene rings is 2. The van der Waals surface area contributed by atoms with Crippen LogP contribution < -0.4 is 10.1 Å². The normalized spacial score (nSPS) is 18.9. The minimum atomic E-state index is -2.97. The standard InChI is InChI=1S/C20H17ClF2N2O4/c1-2-20(13-5-7-14(21)8-6-13)17(27)25(19(28)24-20)11-16(26)12-3-9-15(10-4-12)29-18(22)23/h3-10,18H,2,11H2,1H3,(H,24,28). The molecule has 1 atom stereocenters. The molecule has 0 saturated carbocycles. The minimum absolute atomic E-state index is 0.0979. The number of ketones is 1. The van der Waals surface area contributed by atoms with Crippen molar-refractivity contribution in [2.75, 3.05) is 6.54 Å². The number of urea groups is 1. The van der Waals surface area contributed by atoms with Gasteiger partial charge in [0.1, 0.15) is 11.3 Å². The number of hydrogen-bond acceptors (Lipinski definition) is 4. The van der Waals surface area contributed by atoms with Gasteiger partial charge >= 0.3 is 12.6 Å². The quantitative estimate of drug-likeness (QED) is 0.541. The zero-order valence-electron chi connectivity index (χ0n) is 15.3. The molecule has 0 spiro atoms. The first-order valence-electron chi connectivity index (χ1n) is 8.75. The lowest BCUT2D eigenvalue weighted by Crippen LogP contribution is -2.43. The Bertz CT molecular complexity index is 935. The molecule has 3 amide bonds. The lowest BCUT2D eigenvalue weighted by atomic mass is 9.87. The number of hydrogen-bond donors (Lipinski definition) is 1. The number of halogens is 3. The fraction of sp³-hybridized carbons (Fsp3) is 0.250. The SMILES string of the molecule is CCC1(c2ccc(Cl)cc2)NC(=O)N(CC(=O)c2ccc(OC(F)F)cc2)C1=O. The fourth-order valence-corrected chi connectivity index (χ4v) is 3.33. The highest BCUT2D eigenvalue weighted by Crippen LogP contribution is 2.33. The number of rotatable bonds is 7. The van der Waals surface area contributed by atoms with Gasteiger partial charge in [0.25, 0.3) is 5.91 Å². The first-order chi connectivity index (χ1) is 13.8. The van der Waals surface area contributed by atoms with Crippen LogP contribution in [0, 0.1) is 0 Å². The second kappa shape index (κ2) is 8.16. The van der Waals surface area contributed by atoms with Gasteiger partial charge in [0.15, 0.2) is 5.78 Å². The van der Waals surface area contributed by atoms with Crippen molar-refractivity contribution in [2.45, 2.75) is 25.5 Å². The third kappa shape index (κ3) is 4.07. The van der Waals surface area contributed by atoms with Crippen LogP contribution in [0.25, 0.3) is 0 Å². The highest BCUT2D eigenvalue weighted by molar-refractivity contribution is 6.30. The maximum absolute atomic E-state index is 13.1. The predicted octanol–water partition coefficient (Wildman–Crippen LogP) is 3.98. The van der Waals surface area contributed by atoms with Gasteiger partial charge < -0.3 is 10.1 Å². The Morgan fingerprint density at radius 2 is 1.76 bits per heavy atom. The van der Waals surface area contributed by atoms with Crippen LogP contribution in [-0.4, -0.2) is 35.8 Å². The first kappa shape index (κ1) is 20.7. The molecule has 6 nitrogen and oxygen atoms in total. The molecule has 3 rings (SSSR count). The minimum Gasteiger partial charge on any atom is -0.435 e. The van der Waals surface area contributed by atoms with Crippen molar-refractivity contribution in [3.8, 4) is 5.75 Å². The molecule has 0 bridgehead atoms. The maximum Gasteiger partial charge on any atom is 0.387 e. The van der Waals surface area contributed by atoms with Crippen LogP contribution in [0.15, 0.2) is 48.5 Å². The molecule has 1 aliphatic heterocycles. The Labute approximate surface area is 170 Å². The predicted molar refractivity (Wildman–Crippen MR) is 101 cm³/mol. The van der Waals surface area contributed by atoms with E-state index in [1.165, 1.54) is 24.3 Å². The third-order valence-electron chi connectivity index (χ3n) is 4.75. The molecule has 152 valence electrons. The van der Waals surface area contributed by atoms with Gasteiger partial charge in [-0.2, -0.15) is 8.78 Å². The molecule has 2 aromatic carbocycles. The van der Waals surface area contributed by atoms with Gasteiger partial charge in [-0.25, -0.2) is 4.79 Å². The van der Waals surface area contributed by atoms with Crippen LogP contribution in [0.3, 0.4) is 0 Å². The second-order valence-corrected chi connectivity index (χ2v) is 6.85. The molecule has 0 aromatic heterocycles. The molecule has 29 heavy (non-hydrogen) atoms. The summed E-state index contributed by atoms with van der Waals surface area (Å²) in [5.41, 5.74) is -0.560. The van der Waals surface area contributed by atoms with E-state index >= 15 is 0 Å². The van der Waals surface area contributed by atoms with E-state index in [0.717, 1.165) is 4.90 Å². The van der Waals surface area contributed by atoms with Crippen LogP contribution in [0.5, 0.6) is 5.75 Å². The van der Waals surface area contributed by atoms with Crippen molar-refractivity contribution >= 4 is 29.3 Å². The van der Waals surface area contributed by atoms with E-state index < -0.39 is 36.4 Å². The van der Waals surface area contributed by atoms with Crippen molar-refractivity contribution in [1.82, 2.24) is 10.2 Å². The van der Waals surface area contributed by atoms with Gasteiger partial charge in [0.05, 0.1) is 6.54 Å². The Morgan fingerprint density at radius 1 is 1.14 bits per heavy atom. The monoisotopic (exact) mass is 422 g/mol. The molecule has 1 N–H and O–H groups in total. The summed E-state index contributed by atoms with van der Waals surface area (Å²) in [7, 11) is 0. The topological polar surface area (TPSA) is 75.7 Å². The zero-order chi connectivity index (χ0) is 21.2. The molecular weight excluding hydrogens is 406 g/mol. The molecule has 1 aliphatic rings. The van der Waals surface area contributed by atoms with Crippen molar-refractivity contribution < 1.29 is 27.9 Å². The summed E-state index contributed by atoms with van der Waals surface area (Å²) in [6.07, 6.45) is 0.281. The summed E-state index contributed by atoms with van der Waals surface area (Å²) in [5, 5.41) is 3.17. The number of Topliss-reactive ketones (excluding diaryl/α,β-unsaturated/α-hetero) is 1. The van der Waals surface area contributed by atoms with Crippen molar-refractivity contribution in [3.63, 3.8) is 0 Å². The van der Waals surface area contributed by atoms with E-state index in [2.05, 4.69) is 10.1 Å². The molecule has 2 aromatic rings. The maximum atomic E-state index is 13.1. The molecule has 1 saturated heterocycles. The number of nitrogens with one attached hydrogen (secondary N) is 1. The number of alkyl halides is 2. The van der Waals surface area contributed by atoms with Gasteiger partial charge in [-0.15, -0.1) is 0 Å². The van der Waals surface area contributed by atoms with Crippen molar-refractivity contribution in [3.05, 3.63) is 64.7 Å². The fourth-order valence-electron chi connectivity index (χ4n) is 3.20. The Hall–Kier alpha value is -3.00. The molecule has 1 unspecified atom stereocenters. The van der Waals surface area contributed by atoms with E-state index in [-0.39, 0.29) is 17.7 Å². The summed E-state index contributed by atoms with van der Waals surface area (Å²) in [4.78, 5) is 38.9. The Balaban J connectivity index is 1.79. The van der Waals surface area contributed by atoms with Gasteiger partial charge in [0, 0.05) is 10.6 Å². The molecule has 0 radical (unpaired) electrons. The van der Waals surface area contributed by atoms with E-state index in [0.29, 0.717) is 10.6 Å². The number of carbonyl (C=O) groups excluding carboxylic acids is 3. The van der Waals surface area contributed by atoms with E-state index in [1.54, 1.807) is 31.2 Å². The summed E-state index contributed by atoms with van der Waals surface area (Å²) in [6.45, 7) is -1.70. The molecule has 1 fully saturated rings. The summed E-state index contributed by atoms with van der Waals surface area (Å²) < 4.78 is 28.7. The second-order valence-electron chi connectivity index (χ2n) is 6.41. The summed E-state index contributed by atoms with van der Waals surface area (Å²) in [6, 6.07) is 10.9. The van der Waals surface area contributed by atoms with Gasteiger partial charge in [-0.05, 0) is 48.4 Å². The van der Waals surface area contributed by atoms with Crippen LogP contribution >= 0.6 is 11.6 Å². The molecular formula is C20H17ClF2N2O4. The third-order valence-corrected chi connectivity index (χ3v) is 5.00. The lowest BCUT2D eigenvalue weighted by Gasteiger charge is -2.25. The average molecular weight is 423 g/mol. The Kier molecular flexibility index (Phi) is 5.83. The number of carbonyl (C=O) groups is 3. The van der Waals surface area contributed by atoms with E-state index in [9.17, 15) is 23.2 Å². The van der Waals surface area contributed by atoms with Gasteiger partial charge in [-0.1, -0.05) is 30.7 Å². The van der Waals surface area contributed by atoms with E-state index in [1.807, 2.05) is 0 Å². The van der Waals surface area contributed by atoms with E-state index in [4.69, 9.17) is 11.6 Å². The summed E-state index contributed by atoms with van der Waals surface area (Å²) >= 11 is 5.90. The van der Waals surface area contributed by atoms with Crippen LogP contribution in [0.2, 0.25) is 5.02 Å². The van der Waals surface area contributed by atoms with Crippen molar-refractivity contribution in [1.29, 1.82) is 0 Å². The molecule has 9 heteroatoms. The molecule has 0 aliphatic carbocycles. The smallest absolute Gasteiger partial charge is 0.387 e. The number of imide groups is 1. The largest absolute Gasteiger partial charge is 0.435 e. The number of ether oxygens (including phenoxy) is 1. The highest BCUT2D eigenvalue weighted by atomic mass is 35.5. The summed E-state index contributed by atoms with van der Waals surface area (Å²) in [5.74, 6) is -1.15. The van der Waals surface area contributed by atoms with Gasteiger partial charge in [0.2, 0.25) is 0 Å². The average Bonchev–Trinajstić information content (AvgIpc) is 2.93. The van der Waals surface area contributed by atoms with Crippen molar-refractivity contribution in [2.24, 2.45) is 0 Å². The van der Waals surface area contributed by atoms with Gasteiger partial charge in [-0.3, -0.25) is 14.5 Å². The van der Waals surface area contributed by atoms with Crippen LogP contribution in [0.4, 0.5) is 13.6 Å². The first-order valence-corrected chi connectivity index (χ1v) is 9.13. The zero-order valence-corrected chi connectivity index (χ0v) is 16.1. The highest BCUT2D eigenvalue weighted by Gasteiger charge is 2.51. The molecule has 1 heterocycles. The number of nitrogens with zero attached hydrogens (tertiary/aromatic N) is 1. The lowest BCUT2D eigenvalue weighted by molar-refractivity contribution is -0.131. The number of amides is 3. The Morgan fingerprint density at radius 3 is 2.31 bits per heavy atom. The van der Waals surface area contributed by atoms with Crippen LogP contribution in [0.1, 0.15) is 29.3 Å². The van der Waals surface area contributed by atoms with Crippen LogP contribution in [-0.2, 0) is 10.3 Å².